The van der Waals surface area contributed by atoms with Gasteiger partial charge >= 0.3 is 0 Å². The zero-order valence-electron chi connectivity index (χ0n) is 14.8. The zero-order valence-corrected chi connectivity index (χ0v) is 16.4. The Morgan fingerprint density at radius 2 is 1.89 bits per heavy atom. The van der Waals surface area contributed by atoms with Gasteiger partial charge in [-0.2, -0.15) is 0 Å². The molecule has 0 aliphatic carbocycles. The lowest BCUT2D eigenvalue weighted by Crippen LogP contribution is -2.34. The Hall–Kier alpha value is -2.56. The lowest BCUT2D eigenvalue weighted by Gasteiger charge is -2.33. The molecule has 0 bridgehead atoms. The Balaban J connectivity index is 1.57. The van der Waals surface area contributed by atoms with E-state index >= 15 is 0 Å². The Labute approximate surface area is 165 Å². The number of fused-ring (bicyclic) bond motifs is 1. The van der Waals surface area contributed by atoms with Crippen molar-refractivity contribution < 1.29 is 13.3 Å². The fourth-order valence-electron chi connectivity index (χ4n) is 3.54. The second-order valence-electron chi connectivity index (χ2n) is 6.74. The van der Waals surface area contributed by atoms with Gasteiger partial charge in [0.2, 0.25) is 10.0 Å². The number of benzene rings is 2. The van der Waals surface area contributed by atoms with Crippen molar-refractivity contribution in [2.45, 2.75) is 23.7 Å². The van der Waals surface area contributed by atoms with Crippen molar-refractivity contribution in [3.63, 3.8) is 0 Å². The van der Waals surface area contributed by atoms with E-state index in [2.05, 4.69) is 6.07 Å². The number of nitro benzene ring substituents is 1. The number of para-hydroxylation sites is 1. The second kappa shape index (κ2) is 7.12. The quantitative estimate of drug-likeness (QED) is 0.513. The van der Waals surface area contributed by atoms with Crippen LogP contribution in [0, 0.1) is 10.1 Å². The molecule has 0 unspecified atom stereocenters. The van der Waals surface area contributed by atoms with Crippen molar-refractivity contribution in [1.29, 1.82) is 0 Å². The van der Waals surface area contributed by atoms with Crippen molar-refractivity contribution in [3.8, 4) is 0 Å². The van der Waals surface area contributed by atoms with E-state index in [4.69, 9.17) is 10.1 Å². The molecule has 0 spiro atoms. The molecule has 146 valence electrons. The highest BCUT2D eigenvalue weighted by Gasteiger charge is 2.28. The third-order valence-electron chi connectivity index (χ3n) is 4.96. The summed E-state index contributed by atoms with van der Waals surface area (Å²) in [7, 11) is -4.08. The topological polar surface area (TPSA) is 119 Å². The molecular weight excluding hydrogens is 400 g/mol. The Morgan fingerprint density at radius 1 is 1.18 bits per heavy atom. The minimum Gasteiger partial charge on any atom is -0.370 e. The molecule has 3 aromatic rings. The summed E-state index contributed by atoms with van der Waals surface area (Å²) in [6, 6.07) is 11.8. The van der Waals surface area contributed by atoms with E-state index < -0.39 is 14.9 Å². The minimum absolute atomic E-state index is 0.208. The molecule has 1 aliphatic heterocycles. The van der Waals surface area contributed by atoms with Gasteiger partial charge in [-0.1, -0.05) is 12.1 Å². The van der Waals surface area contributed by atoms with E-state index in [0.717, 1.165) is 34.1 Å². The lowest BCUT2D eigenvalue weighted by atomic mass is 9.97. The Bertz CT molecular complexity index is 1120. The monoisotopic (exact) mass is 418 g/mol. The Morgan fingerprint density at radius 3 is 2.54 bits per heavy atom. The summed E-state index contributed by atoms with van der Waals surface area (Å²) in [5.41, 5.74) is 1.12. The molecule has 1 aromatic heterocycles. The van der Waals surface area contributed by atoms with Crippen LogP contribution in [0.3, 0.4) is 0 Å². The van der Waals surface area contributed by atoms with Crippen molar-refractivity contribution in [1.82, 2.24) is 4.98 Å². The molecule has 0 saturated carbocycles. The van der Waals surface area contributed by atoms with Gasteiger partial charge in [-0.15, -0.1) is 11.3 Å². The number of hydrogen-bond donors (Lipinski definition) is 1. The lowest BCUT2D eigenvalue weighted by molar-refractivity contribution is -0.385. The van der Waals surface area contributed by atoms with Gasteiger partial charge in [0, 0.05) is 31.1 Å². The number of primary sulfonamides is 1. The van der Waals surface area contributed by atoms with E-state index in [1.165, 1.54) is 12.1 Å². The smallest absolute Gasteiger partial charge is 0.270 e. The number of piperidine rings is 1. The van der Waals surface area contributed by atoms with Gasteiger partial charge in [-0.05, 0) is 31.0 Å². The number of nitrogens with two attached hydrogens (primary N) is 1. The molecule has 2 heterocycles. The molecule has 0 radical (unpaired) electrons. The van der Waals surface area contributed by atoms with E-state index in [1.54, 1.807) is 11.3 Å². The van der Waals surface area contributed by atoms with Crippen LogP contribution in [-0.2, 0) is 10.0 Å². The van der Waals surface area contributed by atoms with Crippen LogP contribution in [0.25, 0.3) is 10.2 Å². The summed E-state index contributed by atoms with van der Waals surface area (Å²) < 4.78 is 25.1. The van der Waals surface area contributed by atoms with Crippen LogP contribution >= 0.6 is 11.3 Å². The first kappa shape index (κ1) is 18.8. The van der Waals surface area contributed by atoms with Crippen LogP contribution in [0.1, 0.15) is 23.8 Å². The summed E-state index contributed by atoms with van der Waals surface area (Å²) in [4.78, 5) is 16.8. The second-order valence-corrected chi connectivity index (χ2v) is 9.33. The predicted molar refractivity (Wildman–Crippen MR) is 108 cm³/mol. The molecule has 8 nitrogen and oxygen atoms in total. The standard InChI is InChI=1S/C18H18N4O4S2/c19-28(25,26)17-11-13(22(23)24)5-6-15(17)21-9-7-12(8-10-21)18-20-14-3-1-2-4-16(14)27-18/h1-6,11-12H,7-10H2,(H2,19,25,26). The van der Waals surface area contributed by atoms with Crippen LogP contribution in [0.15, 0.2) is 47.4 Å². The van der Waals surface area contributed by atoms with E-state index in [9.17, 15) is 18.5 Å². The number of sulfonamides is 1. The van der Waals surface area contributed by atoms with Gasteiger partial charge in [0.05, 0.1) is 25.8 Å². The number of rotatable bonds is 4. The van der Waals surface area contributed by atoms with Gasteiger partial charge in [0.1, 0.15) is 4.90 Å². The summed E-state index contributed by atoms with van der Waals surface area (Å²) in [6.45, 7) is 1.25. The first-order valence-corrected chi connectivity index (χ1v) is 11.1. The normalized spacial score (nSPS) is 15.8. The summed E-state index contributed by atoms with van der Waals surface area (Å²) >= 11 is 1.69. The van der Waals surface area contributed by atoms with Crippen LogP contribution in [0.2, 0.25) is 0 Å². The largest absolute Gasteiger partial charge is 0.370 e. The highest BCUT2D eigenvalue weighted by atomic mass is 32.2. The van der Waals surface area contributed by atoms with Crippen LogP contribution in [0.5, 0.6) is 0 Å². The number of hydrogen-bond acceptors (Lipinski definition) is 7. The van der Waals surface area contributed by atoms with Crippen molar-refractivity contribution in [2.24, 2.45) is 5.14 Å². The van der Waals surface area contributed by atoms with Crippen molar-refractivity contribution >= 4 is 43.0 Å². The molecule has 2 N–H and O–H groups in total. The number of aromatic nitrogens is 1. The van der Waals surface area contributed by atoms with Gasteiger partial charge in [0.15, 0.2) is 0 Å². The molecule has 10 heteroatoms. The third kappa shape index (κ3) is 3.58. The van der Waals surface area contributed by atoms with Gasteiger partial charge < -0.3 is 4.90 Å². The molecular formula is C18H18N4O4S2. The molecule has 1 saturated heterocycles. The maximum atomic E-state index is 12.0. The molecule has 1 aliphatic rings. The number of anilines is 1. The highest BCUT2D eigenvalue weighted by molar-refractivity contribution is 7.89. The van der Waals surface area contributed by atoms with Crippen LogP contribution in [0.4, 0.5) is 11.4 Å². The first-order chi connectivity index (χ1) is 13.3. The van der Waals surface area contributed by atoms with Gasteiger partial charge in [0.25, 0.3) is 5.69 Å². The molecule has 0 amide bonds. The molecule has 0 atom stereocenters. The highest BCUT2D eigenvalue weighted by Crippen LogP contribution is 2.37. The number of nitro groups is 1. The summed E-state index contributed by atoms with van der Waals surface area (Å²) in [5.74, 6) is 0.310. The maximum Gasteiger partial charge on any atom is 0.270 e. The van der Waals surface area contributed by atoms with Gasteiger partial charge in [-0.25, -0.2) is 18.5 Å². The average molecular weight is 419 g/mol. The van der Waals surface area contributed by atoms with E-state index in [1.807, 2.05) is 23.1 Å². The minimum atomic E-state index is -4.08. The fraction of sp³-hybridized carbons (Fsp3) is 0.278. The number of thiazole rings is 1. The average Bonchev–Trinajstić information content (AvgIpc) is 3.11. The van der Waals surface area contributed by atoms with E-state index in [-0.39, 0.29) is 10.6 Å². The van der Waals surface area contributed by atoms with Crippen molar-refractivity contribution in [3.05, 3.63) is 57.6 Å². The third-order valence-corrected chi connectivity index (χ3v) is 7.09. The summed E-state index contributed by atoms with van der Waals surface area (Å²) in [5, 5.41) is 17.4. The van der Waals surface area contributed by atoms with Crippen molar-refractivity contribution in [2.75, 3.05) is 18.0 Å². The van der Waals surface area contributed by atoms with Gasteiger partial charge in [-0.3, -0.25) is 10.1 Å². The molecule has 1 fully saturated rings. The SMILES string of the molecule is NS(=O)(=O)c1cc([N+](=O)[O-])ccc1N1CCC(c2nc3ccccc3s2)CC1. The molecule has 2 aromatic carbocycles. The molecule has 4 rings (SSSR count). The first-order valence-electron chi connectivity index (χ1n) is 8.74. The number of non-ortho nitro benzene ring substituents is 1. The van der Waals surface area contributed by atoms with Crippen LogP contribution in [-0.4, -0.2) is 31.4 Å². The van der Waals surface area contributed by atoms with E-state index in [0.29, 0.717) is 24.7 Å². The fourth-order valence-corrected chi connectivity index (χ4v) is 5.45. The predicted octanol–water partition coefficient (Wildman–Crippen LogP) is 3.24. The molecule has 28 heavy (non-hydrogen) atoms. The zero-order chi connectivity index (χ0) is 19.9. The Kier molecular flexibility index (Phi) is 4.77. The summed E-state index contributed by atoms with van der Waals surface area (Å²) in [6.07, 6.45) is 1.64. The van der Waals surface area contributed by atoms with Crippen LogP contribution < -0.4 is 10.0 Å². The number of nitrogens with zero attached hydrogens (tertiary/aromatic N) is 3. The maximum absolute atomic E-state index is 12.0.